The van der Waals surface area contributed by atoms with Gasteiger partial charge in [-0.3, -0.25) is 14.9 Å². The smallest absolute Gasteiger partial charge is 0.153 e. The highest BCUT2D eigenvalue weighted by molar-refractivity contribution is 6.03. The molecule has 1 aromatic heterocycles. The van der Waals surface area contributed by atoms with Crippen molar-refractivity contribution in [3.05, 3.63) is 78.4 Å². The first-order valence-electron chi connectivity index (χ1n) is 10.0. The van der Waals surface area contributed by atoms with Gasteiger partial charge in [0.25, 0.3) is 0 Å². The van der Waals surface area contributed by atoms with Gasteiger partial charge in [-0.15, -0.1) is 0 Å². The zero-order valence-electron chi connectivity index (χ0n) is 16.2. The summed E-state index contributed by atoms with van der Waals surface area (Å²) in [7, 11) is 0. The summed E-state index contributed by atoms with van der Waals surface area (Å²) in [6.45, 7) is 4.89. The number of hydrogen-bond acceptors (Lipinski definition) is 6. The molecule has 3 heterocycles. The summed E-state index contributed by atoms with van der Waals surface area (Å²) in [4.78, 5) is 18.4. The molecular weight excluding hydrogens is 362 g/mol. The summed E-state index contributed by atoms with van der Waals surface area (Å²) in [6, 6.07) is 16.1. The van der Waals surface area contributed by atoms with Crippen LogP contribution in [0.1, 0.15) is 11.3 Å². The maximum atomic E-state index is 6.17. The summed E-state index contributed by atoms with van der Waals surface area (Å²) in [5.74, 6) is 2.66. The molecule has 29 heavy (non-hydrogen) atoms. The highest BCUT2D eigenvalue weighted by atomic mass is 16.5. The van der Waals surface area contributed by atoms with E-state index in [2.05, 4.69) is 25.8 Å². The number of para-hydroxylation sites is 3. The number of nitrogens with zero attached hydrogens (tertiary/aromatic N) is 5. The van der Waals surface area contributed by atoms with E-state index in [1.807, 2.05) is 48.7 Å². The molecule has 3 aromatic rings. The van der Waals surface area contributed by atoms with Crippen LogP contribution in [-0.2, 0) is 6.42 Å². The first-order chi connectivity index (χ1) is 14.4. The molecule has 0 aliphatic carbocycles. The molecular formula is C23H23N5O. The third kappa shape index (κ3) is 3.84. The average Bonchev–Trinajstić information content (AvgIpc) is 2.95. The van der Waals surface area contributed by atoms with Crippen LogP contribution in [0.4, 0.5) is 5.69 Å². The number of ether oxygens (including phenoxy) is 1. The van der Waals surface area contributed by atoms with Crippen LogP contribution in [0.5, 0.6) is 11.5 Å². The number of rotatable bonds is 3. The minimum absolute atomic E-state index is 0.803. The third-order valence-corrected chi connectivity index (χ3v) is 5.41. The fraction of sp³-hybridized carbons (Fsp3) is 0.261. The predicted molar refractivity (Wildman–Crippen MR) is 113 cm³/mol. The molecule has 2 aliphatic rings. The Kier molecular flexibility index (Phi) is 4.92. The van der Waals surface area contributed by atoms with Crippen LogP contribution in [0.25, 0.3) is 0 Å². The van der Waals surface area contributed by atoms with Crippen LogP contribution < -0.4 is 4.74 Å². The van der Waals surface area contributed by atoms with Crippen molar-refractivity contribution in [1.29, 1.82) is 0 Å². The second kappa shape index (κ2) is 8.01. The molecule has 0 N–H and O–H groups in total. The van der Waals surface area contributed by atoms with Crippen LogP contribution in [-0.4, -0.2) is 58.3 Å². The lowest BCUT2D eigenvalue weighted by Crippen LogP contribution is -2.49. The molecule has 2 aliphatic heterocycles. The second-order valence-corrected chi connectivity index (χ2v) is 7.28. The Bertz CT molecular complexity index is 1010. The van der Waals surface area contributed by atoms with E-state index in [1.165, 1.54) is 0 Å². The molecule has 6 heteroatoms. The van der Waals surface area contributed by atoms with E-state index in [4.69, 9.17) is 9.73 Å². The molecule has 6 nitrogen and oxygen atoms in total. The Labute approximate surface area is 170 Å². The first kappa shape index (κ1) is 17.8. The van der Waals surface area contributed by atoms with Crippen molar-refractivity contribution in [2.75, 3.05) is 32.7 Å². The Hall–Kier alpha value is -3.25. The van der Waals surface area contributed by atoms with Gasteiger partial charge in [0.1, 0.15) is 17.3 Å². The SMILES string of the molecule is c1ccc2c(c1)N=C(N1CCN(CCc3cnccn3)CC1)c1ccccc1O2. The topological polar surface area (TPSA) is 53.9 Å². The van der Waals surface area contributed by atoms with Gasteiger partial charge in [0.2, 0.25) is 0 Å². The number of fused-ring (bicyclic) bond motifs is 2. The van der Waals surface area contributed by atoms with Crippen molar-refractivity contribution in [2.45, 2.75) is 6.42 Å². The van der Waals surface area contributed by atoms with E-state index in [9.17, 15) is 0 Å². The Morgan fingerprint density at radius 3 is 2.48 bits per heavy atom. The minimum atomic E-state index is 0.803. The van der Waals surface area contributed by atoms with Gasteiger partial charge in [0, 0.05) is 57.7 Å². The largest absolute Gasteiger partial charge is 0.454 e. The molecule has 0 bridgehead atoms. The summed E-state index contributed by atoms with van der Waals surface area (Å²) >= 11 is 0. The number of aliphatic imine (C=N–C) groups is 1. The van der Waals surface area contributed by atoms with Gasteiger partial charge in [0.05, 0.1) is 11.3 Å². The van der Waals surface area contributed by atoms with Crippen LogP contribution in [0, 0.1) is 0 Å². The summed E-state index contributed by atoms with van der Waals surface area (Å²) in [6.07, 6.45) is 6.26. The van der Waals surface area contributed by atoms with Crippen molar-refractivity contribution < 1.29 is 4.74 Å². The van der Waals surface area contributed by atoms with Crippen molar-refractivity contribution >= 4 is 11.5 Å². The maximum absolute atomic E-state index is 6.17. The van der Waals surface area contributed by atoms with Crippen LogP contribution in [0.3, 0.4) is 0 Å². The van der Waals surface area contributed by atoms with Gasteiger partial charge in [0.15, 0.2) is 5.75 Å². The number of hydrogen-bond donors (Lipinski definition) is 0. The fourth-order valence-corrected chi connectivity index (χ4v) is 3.83. The highest BCUT2D eigenvalue weighted by Crippen LogP contribution is 2.37. The van der Waals surface area contributed by atoms with E-state index in [-0.39, 0.29) is 0 Å². The number of amidine groups is 1. The Balaban J connectivity index is 1.32. The van der Waals surface area contributed by atoms with Gasteiger partial charge < -0.3 is 9.64 Å². The molecule has 2 aromatic carbocycles. The van der Waals surface area contributed by atoms with E-state index in [1.54, 1.807) is 12.4 Å². The molecule has 0 atom stereocenters. The van der Waals surface area contributed by atoms with Gasteiger partial charge in [-0.05, 0) is 24.3 Å². The lowest BCUT2D eigenvalue weighted by molar-refractivity contribution is 0.184. The van der Waals surface area contributed by atoms with Gasteiger partial charge in [-0.25, -0.2) is 4.99 Å². The number of aromatic nitrogens is 2. The molecule has 0 radical (unpaired) electrons. The van der Waals surface area contributed by atoms with Crippen LogP contribution >= 0.6 is 0 Å². The maximum Gasteiger partial charge on any atom is 0.153 e. The molecule has 0 unspecified atom stereocenters. The highest BCUT2D eigenvalue weighted by Gasteiger charge is 2.25. The van der Waals surface area contributed by atoms with Crippen molar-refractivity contribution in [2.24, 2.45) is 4.99 Å². The monoisotopic (exact) mass is 385 g/mol. The quantitative estimate of drug-likeness (QED) is 0.690. The third-order valence-electron chi connectivity index (χ3n) is 5.41. The van der Waals surface area contributed by atoms with E-state index in [0.29, 0.717) is 0 Å². The molecule has 0 saturated carbocycles. The Morgan fingerprint density at radius 1 is 0.862 bits per heavy atom. The van der Waals surface area contributed by atoms with Crippen molar-refractivity contribution in [3.63, 3.8) is 0 Å². The number of benzene rings is 2. The standard InChI is InChI=1S/C23H23N5O/c1-3-7-21-19(5-1)23(26-20-6-2-4-8-22(20)29-21)28-15-13-27(14-16-28)12-9-18-17-24-10-11-25-18/h1-8,10-11,17H,9,12-16H2. The zero-order chi connectivity index (χ0) is 19.5. The average molecular weight is 385 g/mol. The van der Waals surface area contributed by atoms with E-state index >= 15 is 0 Å². The first-order valence-corrected chi connectivity index (χ1v) is 10.0. The van der Waals surface area contributed by atoms with Crippen LogP contribution in [0.2, 0.25) is 0 Å². The number of piperazine rings is 1. The van der Waals surface area contributed by atoms with E-state index < -0.39 is 0 Å². The van der Waals surface area contributed by atoms with Crippen LogP contribution in [0.15, 0.2) is 72.1 Å². The van der Waals surface area contributed by atoms with E-state index in [0.717, 1.165) is 73.4 Å². The lowest BCUT2D eigenvalue weighted by atomic mass is 10.1. The molecule has 1 fully saturated rings. The predicted octanol–water partition coefficient (Wildman–Crippen LogP) is 3.52. The molecule has 146 valence electrons. The molecule has 5 rings (SSSR count). The summed E-state index contributed by atoms with van der Waals surface area (Å²) in [5.41, 5.74) is 2.98. The zero-order valence-corrected chi connectivity index (χ0v) is 16.2. The van der Waals surface area contributed by atoms with Crippen molar-refractivity contribution in [3.8, 4) is 11.5 Å². The van der Waals surface area contributed by atoms with Crippen molar-refractivity contribution in [1.82, 2.24) is 19.8 Å². The molecule has 0 amide bonds. The molecule has 1 saturated heterocycles. The van der Waals surface area contributed by atoms with Gasteiger partial charge >= 0.3 is 0 Å². The van der Waals surface area contributed by atoms with Gasteiger partial charge in [-0.1, -0.05) is 24.3 Å². The van der Waals surface area contributed by atoms with Gasteiger partial charge in [-0.2, -0.15) is 0 Å². The summed E-state index contributed by atoms with van der Waals surface area (Å²) in [5, 5.41) is 0. The fourth-order valence-electron chi connectivity index (χ4n) is 3.83. The summed E-state index contributed by atoms with van der Waals surface area (Å²) < 4.78 is 6.17. The lowest BCUT2D eigenvalue weighted by Gasteiger charge is -2.36. The molecule has 0 spiro atoms. The normalized spacial score (nSPS) is 16.3. The second-order valence-electron chi connectivity index (χ2n) is 7.28. The minimum Gasteiger partial charge on any atom is -0.454 e. The Morgan fingerprint density at radius 2 is 1.66 bits per heavy atom.